The first-order valence-electron chi connectivity index (χ1n) is 11.1. The van der Waals surface area contributed by atoms with Crippen molar-refractivity contribution in [3.8, 4) is 11.5 Å². The van der Waals surface area contributed by atoms with Gasteiger partial charge in [-0.05, 0) is 85.3 Å². The van der Waals surface area contributed by atoms with E-state index in [-0.39, 0.29) is 23.5 Å². The molecule has 32 heavy (non-hydrogen) atoms. The van der Waals surface area contributed by atoms with E-state index in [2.05, 4.69) is 61.2 Å². The van der Waals surface area contributed by atoms with Crippen molar-refractivity contribution in [2.24, 2.45) is 5.41 Å². The lowest BCUT2D eigenvalue weighted by Gasteiger charge is -2.33. The monoisotopic (exact) mass is 504 g/mol. The van der Waals surface area contributed by atoms with Crippen molar-refractivity contribution in [1.29, 1.82) is 0 Å². The number of anilines is 1. The van der Waals surface area contributed by atoms with Crippen LogP contribution in [0.5, 0.6) is 11.5 Å². The van der Waals surface area contributed by atoms with E-state index >= 15 is 0 Å². The molecule has 0 bridgehead atoms. The Balaban J connectivity index is 2.06. The maximum Gasteiger partial charge on any atom is 0.262 e. The largest absolute Gasteiger partial charge is 0.490 e. The number of benzene rings is 2. The van der Waals surface area contributed by atoms with Crippen LogP contribution in [0.1, 0.15) is 59.1 Å². The van der Waals surface area contributed by atoms with Crippen molar-refractivity contribution in [2.45, 2.75) is 67.0 Å². The molecule has 0 aliphatic carbocycles. The van der Waals surface area contributed by atoms with Crippen LogP contribution in [0.15, 0.2) is 40.9 Å². The summed E-state index contributed by atoms with van der Waals surface area (Å²) in [5.74, 6) is 0.928. The van der Waals surface area contributed by atoms with Crippen LogP contribution >= 0.6 is 15.9 Å². The first-order valence-corrected chi connectivity index (χ1v) is 11.9. The van der Waals surface area contributed by atoms with Gasteiger partial charge in [0.2, 0.25) is 0 Å². The quantitative estimate of drug-likeness (QED) is 0.388. The molecule has 2 N–H and O–H groups in total. The molecule has 0 fully saturated rings. The third-order valence-electron chi connectivity index (χ3n) is 4.80. The molecule has 2 rings (SSSR count). The van der Waals surface area contributed by atoms with Crippen LogP contribution < -0.4 is 20.1 Å². The predicted molar refractivity (Wildman–Crippen MR) is 136 cm³/mol. The molecular formula is C26H37BrN2O3. The number of nitrogens with one attached hydrogen (secondary N) is 2. The highest BCUT2D eigenvalue weighted by atomic mass is 79.9. The van der Waals surface area contributed by atoms with Crippen LogP contribution in [0.3, 0.4) is 0 Å². The van der Waals surface area contributed by atoms with Gasteiger partial charge in [0.05, 0.1) is 11.1 Å². The Bertz CT molecular complexity index is 903. The van der Waals surface area contributed by atoms with E-state index in [0.29, 0.717) is 24.7 Å². The molecule has 0 aromatic heterocycles. The van der Waals surface area contributed by atoms with E-state index in [4.69, 9.17) is 9.47 Å². The Kier molecular flexibility index (Phi) is 9.17. The second kappa shape index (κ2) is 11.2. The second-order valence-corrected chi connectivity index (χ2v) is 10.9. The average molecular weight is 505 g/mol. The number of hydrogen-bond donors (Lipinski definition) is 2. The minimum absolute atomic E-state index is 0.000257. The van der Waals surface area contributed by atoms with Gasteiger partial charge in [-0.3, -0.25) is 4.79 Å². The summed E-state index contributed by atoms with van der Waals surface area (Å²) >= 11 is 3.60. The minimum atomic E-state index is -0.224. The van der Waals surface area contributed by atoms with Crippen molar-refractivity contribution in [2.75, 3.05) is 18.5 Å². The van der Waals surface area contributed by atoms with Gasteiger partial charge in [0.1, 0.15) is 0 Å². The predicted octanol–water partition coefficient (Wildman–Crippen LogP) is 6.48. The summed E-state index contributed by atoms with van der Waals surface area (Å²) in [7, 11) is 0. The maximum absolute atomic E-state index is 12.3. The van der Waals surface area contributed by atoms with E-state index in [1.807, 2.05) is 50.2 Å². The van der Waals surface area contributed by atoms with Crippen molar-refractivity contribution < 1.29 is 14.3 Å². The number of ether oxygens (including phenoxy) is 2. The van der Waals surface area contributed by atoms with Crippen LogP contribution in [0.4, 0.5) is 5.69 Å². The number of halogens is 1. The molecule has 2 aromatic rings. The molecule has 0 unspecified atom stereocenters. The third kappa shape index (κ3) is 8.83. The van der Waals surface area contributed by atoms with Crippen LogP contribution in [-0.4, -0.2) is 24.7 Å². The lowest BCUT2D eigenvalue weighted by Crippen LogP contribution is -2.41. The molecule has 5 nitrogen and oxygen atoms in total. The average Bonchev–Trinajstić information content (AvgIpc) is 2.66. The highest BCUT2D eigenvalue weighted by molar-refractivity contribution is 9.10. The summed E-state index contributed by atoms with van der Waals surface area (Å²) < 4.78 is 12.4. The number of hydrogen-bond acceptors (Lipinski definition) is 4. The zero-order chi connectivity index (χ0) is 23.9. The van der Waals surface area contributed by atoms with Crippen molar-refractivity contribution in [3.63, 3.8) is 0 Å². The van der Waals surface area contributed by atoms with E-state index in [1.165, 1.54) is 0 Å². The molecular weight excluding hydrogens is 468 g/mol. The molecule has 0 saturated heterocycles. The zero-order valence-corrected chi connectivity index (χ0v) is 22.0. The fourth-order valence-corrected chi connectivity index (χ4v) is 4.43. The summed E-state index contributed by atoms with van der Waals surface area (Å²) in [6, 6.07) is 11.6. The molecule has 6 heteroatoms. The van der Waals surface area contributed by atoms with Crippen LogP contribution in [0, 0.1) is 12.3 Å². The Morgan fingerprint density at radius 3 is 2.28 bits per heavy atom. The smallest absolute Gasteiger partial charge is 0.262 e. The van der Waals surface area contributed by atoms with Crippen molar-refractivity contribution in [1.82, 2.24) is 5.32 Å². The van der Waals surface area contributed by atoms with Gasteiger partial charge in [-0.15, -0.1) is 0 Å². The highest BCUT2D eigenvalue weighted by Crippen LogP contribution is 2.37. The van der Waals surface area contributed by atoms with E-state index in [1.54, 1.807) is 0 Å². The van der Waals surface area contributed by atoms with Crippen molar-refractivity contribution in [3.05, 3.63) is 52.0 Å². The summed E-state index contributed by atoms with van der Waals surface area (Å²) in [5, 5.41) is 6.50. The summed E-state index contributed by atoms with van der Waals surface area (Å²) in [6.07, 6.45) is 1.05. The van der Waals surface area contributed by atoms with E-state index in [0.717, 1.165) is 27.7 Å². The van der Waals surface area contributed by atoms with Gasteiger partial charge < -0.3 is 20.1 Å². The molecule has 0 atom stereocenters. The first kappa shape index (κ1) is 26.2. The standard InChI is InChI=1S/C26H37BrN2O3/c1-8-31-22-14-19(15-28-26(6,7)17-25(3,4)5)13-21(27)24(22)32-16-23(30)29-20-11-9-18(2)10-12-20/h9-14,28H,8,15-17H2,1-7H3,(H,29,30). The normalized spacial score (nSPS) is 11.9. The van der Waals surface area contributed by atoms with Gasteiger partial charge in [-0.1, -0.05) is 38.5 Å². The first-order chi connectivity index (χ1) is 14.9. The Hall–Kier alpha value is -2.05. The van der Waals surface area contributed by atoms with Gasteiger partial charge >= 0.3 is 0 Å². The Morgan fingerprint density at radius 1 is 1.03 bits per heavy atom. The molecule has 0 spiro atoms. The Labute approximate surface area is 201 Å². The SMILES string of the molecule is CCOc1cc(CNC(C)(C)CC(C)(C)C)cc(Br)c1OCC(=O)Nc1ccc(C)cc1. The van der Waals surface area contributed by atoms with E-state index in [9.17, 15) is 4.79 Å². The van der Waals surface area contributed by atoms with Gasteiger partial charge in [0, 0.05) is 17.8 Å². The minimum Gasteiger partial charge on any atom is -0.490 e. The fraction of sp³-hybridized carbons (Fsp3) is 0.500. The van der Waals surface area contributed by atoms with Crippen LogP contribution in [0.2, 0.25) is 0 Å². The fourth-order valence-electron chi connectivity index (χ4n) is 3.83. The van der Waals surface area contributed by atoms with E-state index < -0.39 is 0 Å². The topological polar surface area (TPSA) is 59.6 Å². The van der Waals surface area contributed by atoms with Crippen LogP contribution in [-0.2, 0) is 11.3 Å². The van der Waals surface area contributed by atoms with Gasteiger partial charge in [0.25, 0.3) is 5.91 Å². The summed E-state index contributed by atoms with van der Waals surface area (Å²) in [6.45, 7) is 16.2. The number of aryl methyl sites for hydroxylation is 1. The summed E-state index contributed by atoms with van der Waals surface area (Å²) in [5.41, 5.74) is 3.21. The number of carbonyl (C=O) groups is 1. The highest BCUT2D eigenvalue weighted by Gasteiger charge is 2.25. The lowest BCUT2D eigenvalue weighted by atomic mass is 9.82. The molecule has 0 radical (unpaired) electrons. The van der Waals surface area contributed by atoms with Gasteiger partial charge in [0.15, 0.2) is 18.1 Å². The number of amides is 1. The zero-order valence-electron chi connectivity index (χ0n) is 20.4. The maximum atomic E-state index is 12.3. The summed E-state index contributed by atoms with van der Waals surface area (Å²) in [4.78, 5) is 12.3. The second-order valence-electron chi connectivity index (χ2n) is 10.0. The number of carbonyl (C=O) groups excluding carboxylic acids is 1. The number of rotatable bonds is 10. The molecule has 176 valence electrons. The molecule has 0 heterocycles. The molecule has 2 aromatic carbocycles. The molecule has 0 saturated carbocycles. The van der Waals surface area contributed by atoms with Gasteiger partial charge in [-0.2, -0.15) is 0 Å². The van der Waals surface area contributed by atoms with Gasteiger partial charge in [-0.25, -0.2) is 0 Å². The molecule has 0 aliphatic rings. The van der Waals surface area contributed by atoms with Crippen LogP contribution in [0.25, 0.3) is 0 Å². The lowest BCUT2D eigenvalue weighted by molar-refractivity contribution is -0.118. The van der Waals surface area contributed by atoms with Crippen molar-refractivity contribution >= 4 is 27.5 Å². The molecule has 1 amide bonds. The Morgan fingerprint density at radius 2 is 1.69 bits per heavy atom. The molecule has 0 aliphatic heterocycles. The third-order valence-corrected chi connectivity index (χ3v) is 5.38.